The van der Waals surface area contributed by atoms with Crippen LogP contribution in [0, 0.1) is 5.92 Å². The highest BCUT2D eigenvalue weighted by atomic mass is 127. The molecule has 0 aliphatic heterocycles. The molecule has 0 radical (unpaired) electrons. The van der Waals surface area contributed by atoms with Gasteiger partial charge in [-0.3, -0.25) is 4.99 Å². The summed E-state index contributed by atoms with van der Waals surface area (Å²) in [5, 5.41) is 9.46. The van der Waals surface area contributed by atoms with Crippen LogP contribution in [-0.4, -0.2) is 42.8 Å². The molecule has 0 aromatic rings. The fraction of sp³-hybridized carbons (Fsp3) is 0.882. The maximum atomic E-state index is 11.9. The van der Waals surface area contributed by atoms with Crippen molar-refractivity contribution in [3.63, 3.8) is 0 Å². The second-order valence-corrected chi connectivity index (χ2v) is 7.86. The number of hydrogen-bond acceptors (Lipinski definition) is 3. The third-order valence-electron chi connectivity index (χ3n) is 3.36. The number of aliphatic imine (C=N–C) groups is 1. The van der Waals surface area contributed by atoms with Crippen LogP contribution in [0.5, 0.6) is 0 Å². The highest BCUT2D eigenvalue weighted by molar-refractivity contribution is 14.0. The van der Waals surface area contributed by atoms with Gasteiger partial charge in [0.05, 0.1) is 12.1 Å². The average molecular weight is 454 g/mol. The van der Waals surface area contributed by atoms with E-state index in [0.717, 1.165) is 25.0 Å². The summed E-state index contributed by atoms with van der Waals surface area (Å²) in [6.07, 6.45) is 3.51. The number of carbonyl (C=O) groups is 1. The molecule has 0 aromatic heterocycles. The molecule has 1 amide bonds. The van der Waals surface area contributed by atoms with Crippen LogP contribution in [0.4, 0.5) is 4.79 Å². The zero-order chi connectivity index (χ0) is 17.5. The van der Waals surface area contributed by atoms with Crippen LogP contribution in [0.25, 0.3) is 0 Å². The summed E-state index contributed by atoms with van der Waals surface area (Å²) in [7, 11) is 0. The Labute approximate surface area is 164 Å². The number of nitrogens with zero attached hydrogens (tertiary/aromatic N) is 1. The standard InChI is InChI=1S/C17H34N4O2.HI/c1-7-18-14(19-11-10-13-8-9-13)20-12-17(5,6)21-15(22)23-16(2,3)4;/h13H,7-12H2,1-6H3,(H,21,22)(H2,18,19,20);1H. The van der Waals surface area contributed by atoms with Gasteiger partial charge in [0.15, 0.2) is 5.96 Å². The van der Waals surface area contributed by atoms with Crippen LogP contribution < -0.4 is 16.0 Å². The smallest absolute Gasteiger partial charge is 0.408 e. The number of ether oxygens (including phenoxy) is 1. The molecule has 0 atom stereocenters. The minimum atomic E-state index is -0.497. The van der Waals surface area contributed by atoms with Crippen molar-refractivity contribution >= 4 is 36.0 Å². The summed E-state index contributed by atoms with van der Waals surface area (Å²) in [6, 6.07) is 0. The number of hydrogen-bond donors (Lipinski definition) is 3. The van der Waals surface area contributed by atoms with Crippen LogP contribution in [0.2, 0.25) is 0 Å². The summed E-state index contributed by atoms with van der Waals surface area (Å²) < 4.78 is 5.30. The Bertz CT molecular complexity index is 415. The molecule has 3 N–H and O–H groups in total. The zero-order valence-electron chi connectivity index (χ0n) is 16.0. The molecule has 1 saturated carbocycles. The van der Waals surface area contributed by atoms with Gasteiger partial charge in [-0.15, -0.1) is 24.0 Å². The molecule has 0 heterocycles. The Morgan fingerprint density at radius 1 is 1.17 bits per heavy atom. The van der Waals surface area contributed by atoms with E-state index in [4.69, 9.17) is 4.74 Å². The third kappa shape index (κ3) is 11.8. The first-order valence-electron chi connectivity index (χ1n) is 8.64. The minimum absolute atomic E-state index is 0. The Morgan fingerprint density at radius 2 is 1.79 bits per heavy atom. The maximum Gasteiger partial charge on any atom is 0.408 e. The largest absolute Gasteiger partial charge is 0.444 e. The predicted molar refractivity (Wildman–Crippen MR) is 110 cm³/mol. The number of alkyl carbamates (subject to hydrolysis) is 1. The fourth-order valence-electron chi connectivity index (χ4n) is 2.04. The highest BCUT2D eigenvalue weighted by Crippen LogP contribution is 2.31. The summed E-state index contributed by atoms with van der Waals surface area (Å²) in [5.41, 5.74) is -0.968. The molecule has 7 heteroatoms. The van der Waals surface area contributed by atoms with E-state index in [1.54, 1.807) is 0 Å². The molecule has 1 fully saturated rings. The van der Waals surface area contributed by atoms with Crippen LogP contribution in [-0.2, 0) is 4.74 Å². The molecule has 142 valence electrons. The Hall–Kier alpha value is -0.730. The Kier molecular flexibility index (Phi) is 9.99. The van der Waals surface area contributed by atoms with Gasteiger partial charge in [0, 0.05) is 13.1 Å². The van der Waals surface area contributed by atoms with Gasteiger partial charge in [-0.05, 0) is 53.9 Å². The average Bonchev–Trinajstić information content (AvgIpc) is 3.17. The van der Waals surface area contributed by atoms with Crippen molar-refractivity contribution in [2.24, 2.45) is 10.9 Å². The van der Waals surface area contributed by atoms with E-state index in [2.05, 4.69) is 20.9 Å². The van der Waals surface area contributed by atoms with Crippen molar-refractivity contribution in [3.05, 3.63) is 0 Å². The van der Waals surface area contributed by atoms with Gasteiger partial charge in [-0.2, -0.15) is 0 Å². The second kappa shape index (κ2) is 10.3. The van der Waals surface area contributed by atoms with Gasteiger partial charge in [0.1, 0.15) is 5.60 Å². The lowest BCUT2D eigenvalue weighted by molar-refractivity contribution is 0.0476. The normalized spacial score (nSPS) is 15.3. The van der Waals surface area contributed by atoms with Gasteiger partial charge < -0.3 is 20.7 Å². The molecule has 0 saturated heterocycles. The first kappa shape index (κ1) is 23.3. The molecule has 1 aliphatic carbocycles. The molecule has 0 spiro atoms. The van der Waals surface area contributed by atoms with Crippen LogP contribution in [0.1, 0.15) is 60.8 Å². The van der Waals surface area contributed by atoms with Crippen molar-refractivity contribution in [1.29, 1.82) is 0 Å². The predicted octanol–water partition coefficient (Wildman–Crippen LogP) is 3.26. The number of halogens is 1. The van der Waals surface area contributed by atoms with E-state index in [-0.39, 0.29) is 24.0 Å². The first-order chi connectivity index (χ1) is 10.6. The van der Waals surface area contributed by atoms with Crippen molar-refractivity contribution < 1.29 is 9.53 Å². The van der Waals surface area contributed by atoms with E-state index in [1.165, 1.54) is 19.3 Å². The number of nitrogens with one attached hydrogen (secondary N) is 3. The molecule has 0 aromatic carbocycles. The highest BCUT2D eigenvalue weighted by Gasteiger charge is 2.24. The molecule has 1 aliphatic rings. The van der Waals surface area contributed by atoms with Gasteiger partial charge in [0.25, 0.3) is 0 Å². The molecular weight excluding hydrogens is 419 g/mol. The molecule has 0 bridgehead atoms. The van der Waals surface area contributed by atoms with Gasteiger partial charge in [-0.25, -0.2) is 4.79 Å². The zero-order valence-corrected chi connectivity index (χ0v) is 18.3. The number of rotatable bonds is 7. The van der Waals surface area contributed by atoms with E-state index < -0.39 is 17.2 Å². The molecule has 0 unspecified atom stereocenters. The fourth-order valence-corrected chi connectivity index (χ4v) is 2.04. The van der Waals surface area contributed by atoms with E-state index in [0.29, 0.717) is 6.54 Å². The summed E-state index contributed by atoms with van der Waals surface area (Å²) in [5.74, 6) is 1.70. The van der Waals surface area contributed by atoms with E-state index >= 15 is 0 Å². The number of carbonyl (C=O) groups excluding carboxylic acids is 1. The van der Waals surface area contributed by atoms with Gasteiger partial charge in [0.2, 0.25) is 0 Å². The van der Waals surface area contributed by atoms with E-state index in [9.17, 15) is 4.79 Å². The van der Waals surface area contributed by atoms with Crippen molar-refractivity contribution in [3.8, 4) is 0 Å². The quantitative estimate of drug-likeness (QED) is 0.314. The van der Waals surface area contributed by atoms with Crippen LogP contribution in [0.15, 0.2) is 4.99 Å². The topological polar surface area (TPSA) is 74.8 Å². The molecule has 6 nitrogen and oxygen atoms in total. The van der Waals surface area contributed by atoms with Crippen LogP contribution >= 0.6 is 24.0 Å². The van der Waals surface area contributed by atoms with E-state index in [1.807, 2.05) is 41.5 Å². The SMILES string of the molecule is CCNC(=NCC(C)(C)NC(=O)OC(C)(C)C)NCCC1CC1.I. The number of amides is 1. The maximum absolute atomic E-state index is 11.9. The summed E-state index contributed by atoms with van der Waals surface area (Å²) in [4.78, 5) is 16.5. The molecule has 1 rings (SSSR count). The lowest BCUT2D eigenvalue weighted by atomic mass is 10.1. The summed E-state index contributed by atoms with van der Waals surface area (Å²) >= 11 is 0. The lowest BCUT2D eigenvalue weighted by Crippen LogP contribution is -2.49. The second-order valence-electron chi connectivity index (χ2n) is 7.86. The van der Waals surface area contributed by atoms with Crippen molar-refractivity contribution in [2.75, 3.05) is 19.6 Å². The molecule has 24 heavy (non-hydrogen) atoms. The van der Waals surface area contributed by atoms with Gasteiger partial charge >= 0.3 is 6.09 Å². The number of guanidine groups is 1. The first-order valence-corrected chi connectivity index (χ1v) is 8.64. The van der Waals surface area contributed by atoms with Crippen molar-refractivity contribution in [1.82, 2.24) is 16.0 Å². The third-order valence-corrected chi connectivity index (χ3v) is 3.36. The minimum Gasteiger partial charge on any atom is -0.444 e. The van der Waals surface area contributed by atoms with Crippen LogP contribution in [0.3, 0.4) is 0 Å². The monoisotopic (exact) mass is 454 g/mol. The Morgan fingerprint density at radius 3 is 2.29 bits per heavy atom. The van der Waals surface area contributed by atoms with Gasteiger partial charge in [-0.1, -0.05) is 12.8 Å². The summed E-state index contributed by atoms with van der Waals surface area (Å²) in [6.45, 7) is 13.7. The molecular formula is C17H35IN4O2. The Balaban J connectivity index is 0.00000529. The van der Waals surface area contributed by atoms with Crippen molar-refractivity contribution in [2.45, 2.75) is 71.9 Å². The lowest BCUT2D eigenvalue weighted by Gasteiger charge is -2.27.